The molecule has 76 valence electrons. The predicted octanol–water partition coefficient (Wildman–Crippen LogP) is 2.81. The zero-order valence-electron chi connectivity index (χ0n) is 8.38. The first-order chi connectivity index (χ1) is 6.63. The molecule has 0 fully saturated rings. The number of halogens is 1. The molecule has 0 saturated carbocycles. The normalized spacial score (nSPS) is 12.2. The molecule has 1 aromatic carbocycles. The van der Waals surface area contributed by atoms with Crippen molar-refractivity contribution in [2.24, 2.45) is 5.92 Å². The Bertz CT molecular complexity index is 325. The first-order valence-corrected chi connectivity index (χ1v) is 4.70. The highest BCUT2D eigenvalue weighted by atomic mass is 19.1. The van der Waals surface area contributed by atoms with Crippen LogP contribution in [0, 0.1) is 11.7 Å². The Kier molecular flexibility index (Phi) is 3.63. The molecule has 1 rings (SSSR count). The topological polar surface area (TPSA) is 29.1 Å². The highest BCUT2D eigenvalue weighted by Gasteiger charge is 2.10. The molecule has 1 atom stereocenters. The molecule has 0 aromatic heterocycles. The van der Waals surface area contributed by atoms with Gasteiger partial charge in [-0.1, -0.05) is 19.9 Å². The second-order valence-electron chi connectivity index (χ2n) is 3.31. The minimum atomic E-state index is -0.341. The van der Waals surface area contributed by atoms with Gasteiger partial charge in [0.1, 0.15) is 5.82 Å². The molecule has 1 N–H and O–H groups in total. The van der Waals surface area contributed by atoms with Crippen LogP contribution in [0.4, 0.5) is 10.1 Å². The van der Waals surface area contributed by atoms with Gasteiger partial charge < -0.3 is 5.32 Å². The smallest absolute Gasteiger partial charge is 0.227 e. The monoisotopic (exact) mass is 195 g/mol. The Morgan fingerprint density at radius 2 is 2.29 bits per heavy atom. The van der Waals surface area contributed by atoms with Crippen LogP contribution in [-0.4, -0.2) is 5.91 Å². The fraction of sp³-hybridized carbons (Fsp3) is 0.364. The molecule has 0 aliphatic carbocycles. The van der Waals surface area contributed by atoms with Gasteiger partial charge in [-0.15, -0.1) is 0 Å². The first kappa shape index (κ1) is 10.7. The third-order valence-electron chi connectivity index (χ3n) is 2.15. The molecule has 0 radical (unpaired) electrons. The summed E-state index contributed by atoms with van der Waals surface area (Å²) >= 11 is 0. The maximum Gasteiger partial charge on any atom is 0.227 e. The van der Waals surface area contributed by atoms with Gasteiger partial charge in [-0.2, -0.15) is 0 Å². The maximum absolute atomic E-state index is 12.7. The number of nitrogens with one attached hydrogen (secondary N) is 1. The molecule has 0 heterocycles. The predicted molar refractivity (Wildman–Crippen MR) is 54.5 cm³/mol. The number of carbonyl (C=O) groups is 1. The van der Waals surface area contributed by atoms with Crippen LogP contribution in [0.3, 0.4) is 0 Å². The van der Waals surface area contributed by atoms with E-state index in [1.54, 1.807) is 12.1 Å². The zero-order valence-corrected chi connectivity index (χ0v) is 8.38. The van der Waals surface area contributed by atoms with E-state index in [1.807, 2.05) is 13.8 Å². The van der Waals surface area contributed by atoms with Crippen molar-refractivity contribution < 1.29 is 9.18 Å². The summed E-state index contributed by atoms with van der Waals surface area (Å²) in [6.45, 7) is 3.78. The van der Waals surface area contributed by atoms with Gasteiger partial charge in [-0.25, -0.2) is 4.39 Å². The lowest BCUT2D eigenvalue weighted by Crippen LogP contribution is -2.19. The largest absolute Gasteiger partial charge is 0.326 e. The Morgan fingerprint density at radius 3 is 2.86 bits per heavy atom. The standard InChI is InChI=1S/C11H14FNO/c1-3-8(2)11(14)13-10-6-4-5-9(12)7-10/h4-8H,3H2,1-2H3,(H,13,14). The number of anilines is 1. The van der Waals surface area contributed by atoms with Gasteiger partial charge in [0.05, 0.1) is 0 Å². The number of rotatable bonds is 3. The number of carbonyl (C=O) groups excluding carboxylic acids is 1. The van der Waals surface area contributed by atoms with E-state index in [0.717, 1.165) is 6.42 Å². The van der Waals surface area contributed by atoms with Gasteiger partial charge in [-0.05, 0) is 24.6 Å². The summed E-state index contributed by atoms with van der Waals surface area (Å²) in [5.74, 6) is -0.455. The second kappa shape index (κ2) is 4.74. The van der Waals surface area contributed by atoms with Crippen LogP contribution in [0.1, 0.15) is 20.3 Å². The van der Waals surface area contributed by atoms with Gasteiger partial charge in [0.25, 0.3) is 0 Å². The highest BCUT2D eigenvalue weighted by Crippen LogP contribution is 2.11. The third-order valence-corrected chi connectivity index (χ3v) is 2.15. The van der Waals surface area contributed by atoms with E-state index in [9.17, 15) is 9.18 Å². The lowest BCUT2D eigenvalue weighted by Gasteiger charge is -2.09. The van der Waals surface area contributed by atoms with Gasteiger partial charge in [-0.3, -0.25) is 4.79 Å². The molecule has 0 saturated heterocycles. The average Bonchev–Trinajstić information content (AvgIpc) is 2.16. The van der Waals surface area contributed by atoms with Crippen LogP contribution in [0.15, 0.2) is 24.3 Å². The molecule has 0 aliphatic rings. The minimum absolute atomic E-state index is 0.0433. The van der Waals surface area contributed by atoms with Gasteiger partial charge in [0.2, 0.25) is 5.91 Å². The van der Waals surface area contributed by atoms with Crippen LogP contribution in [0.5, 0.6) is 0 Å². The summed E-state index contributed by atoms with van der Waals surface area (Å²) < 4.78 is 12.7. The summed E-state index contributed by atoms with van der Waals surface area (Å²) in [7, 11) is 0. The summed E-state index contributed by atoms with van der Waals surface area (Å²) in [5.41, 5.74) is 0.510. The highest BCUT2D eigenvalue weighted by molar-refractivity contribution is 5.92. The number of amides is 1. The van der Waals surface area contributed by atoms with E-state index in [2.05, 4.69) is 5.32 Å². The molecule has 0 spiro atoms. The summed E-state index contributed by atoms with van der Waals surface area (Å²) in [5, 5.41) is 2.65. The molecule has 2 nitrogen and oxygen atoms in total. The number of hydrogen-bond donors (Lipinski definition) is 1. The molecule has 0 bridgehead atoms. The van der Waals surface area contributed by atoms with E-state index >= 15 is 0 Å². The number of benzene rings is 1. The van der Waals surface area contributed by atoms with Crippen LogP contribution >= 0.6 is 0 Å². The Morgan fingerprint density at radius 1 is 1.57 bits per heavy atom. The average molecular weight is 195 g/mol. The van der Waals surface area contributed by atoms with Crippen LogP contribution < -0.4 is 5.32 Å². The Hall–Kier alpha value is -1.38. The van der Waals surface area contributed by atoms with Crippen LogP contribution in [-0.2, 0) is 4.79 Å². The van der Waals surface area contributed by atoms with Gasteiger partial charge in [0, 0.05) is 11.6 Å². The second-order valence-corrected chi connectivity index (χ2v) is 3.31. The van der Waals surface area contributed by atoms with Gasteiger partial charge >= 0.3 is 0 Å². The molecule has 3 heteroatoms. The fourth-order valence-electron chi connectivity index (χ4n) is 1.02. The van der Waals surface area contributed by atoms with Crippen molar-refractivity contribution in [2.45, 2.75) is 20.3 Å². The summed E-state index contributed by atoms with van der Waals surface area (Å²) in [6.07, 6.45) is 0.779. The molecule has 1 amide bonds. The summed E-state index contributed by atoms with van der Waals surface area (Å²) in [4.78, 5) is 11.4. The first-order valence-electron chi connectivity index (χ1n) is 4.70. The van der Waals surface area contributed by atoms with E-state index in [0.29, 0.717) is 5.69 Å². The fourth-order valence-corrected chi connectivity index (χ4v) is 1.02. The summed E-state index contributed by atoms with van der Waals surface area (Å²) in [6, 6.07) is 5.89. The molecular formula is C11H14FNO. The van der Waals surface area contributed by atoms with Crippen molar-refractivity contribution in [3.05, 3.63) is 30.1 Å². The van der Waals surface area contributed by atoms with E-state index in [4.69, 9.17) is 0 Å². The third kappa shape index (κ3) is 2.83. The molecular weight excluding hydrogens is 181 g/mol. The molecule has 1 aromatic rings. The molecule has 14 heavy (non-hydrogen) atoms. The quantitative estimate of drug-likeness (QED) is 0.789. The molecule has 0 aliphatic heterocycles. The van der Waals surface area contributed by atoms with Crippen molar-refractivity contribution in [3.8, 4) is 0 Å². The maximum atomic E-state index is 12.7. The van der Waals surface area contributed by atoms with Crippen molar-refractivity contribution in [2.75, 3.05) is 5.32 Å². The van der Waals surface area contributed by atoms with E-state index in [-0.39, 0.29) is 17.6 Å². The van der Waals surface area contributed by atoms with Crippen molar-refractivity contribution >= 4 is 11.6 Å². The molecule has 1 unspecified atom stereocenters. The van der Waals surface area contributed by atoms with Gasteiger partial charge in [0.15, 0.2) is 0 Å². The Labute approximate surface area is 83.1 Å². The van der Waals surface area contributed by atoms with Crippen LogP contribution in [0.25, 0.3) is 0 Å². The lowest BCUT2D eigenvalue weighted by molar-refractivity contribution is -0.119. The van der Waals surface area contributed by atoms with Crippen molar-refractivity contribution in [1.29, 1.82) is 0 Å². The van der Waals surface area contributed by atoms with E-state index < -0.39 is 0 Å². The van der Waals surface area contributed by atoms with Crippen molar-refractivity contribution in [1.82, 2.24) is 0 Å². The Balaban J connectivity index is 2.65. The lowest BCUT2D eigenvalue weighted by atomic mass is 10.1. The SMILES string of the molecule is CCC(C)C(=O)Nc1cccc(F)c1. The van der Waals surface area contributed by atoms with E-state index in [1.165, 1.54) is 12.1 Å². The zero-order chi connectivity index (χ0) is 10.6. The minimum Gasteiger partial charge on any atom is -0.326 e. The van der Waals surface area contributed by atoms with Crippen molar-refractivity contribution in [3.63, 3.8) is 0 Å². The number of hydrogen-bond acceptors (Lipinski definition) is 1. The van der Waals surface area contributed by atoms with Crippen LogP contribution in [0.2, 0.25) is 0 Å².